The van der Waals surface area contributed by atoms with E-state index in [1.54, 1.807) is 6.07 Å². The summed E-state index contributed by atoms with van der Waals surface area (Å²) in [4.78, 5) is 10.6. The Labute approximate surface area is 104 Å². The second-order valence-electron chi connectivity index (χ2n) is 4.00. The fourth-order valence-corrected chi connectivity index (χ4v) is 2.37. The van der Waals surface area contributed by atoms with Crippen molar-refractivity contribution in [2.24, 2.45) is 0 Å². The Kier molecular flexibility index (Phi) is 4.44. The van der Waals surface area contributed by atoms with Crippen molar-refractivity contribution < 1.29 is 28.5 Å². The highest BCUT2D eigenvalue weighted by molar-refractivity contribution is 7.89. The zero-order chi connectivity index (χ0) is 13.9. The third-order valence-corrected chi connectivity index (χ3v) is 3.18. The number of benzene rings is 1. The second kappa shape index (κ2) is 5.47. The van der Waals surface area contributed by atoms with Crippen LogP contribution in [0.4, 0.5) is 0 Å². The fourth-order valence-electron chi connectivity index (χ4n) is 1.54. The van der Waals surface area contributed by atoms with E-state index in [1.807, 2.05) is 0 Å². The lowest BCUT2D eigenvalue weighted by atomic mass is 9.99. The summed E-state index contributed by atoms with van der Waals surface area (Å²) in [5.74, 6) is -1.90. The van der Waals surface area contributed by atoms with Crippen molar-refractivity contribution in [1.82, 2.24) is 0 Å². The van der Waals surface area contributed by atoms with Gasteiger partial charge in [0.2, 0.25) is 0 Å². The standard InChI is InChI=1S/C11H14O6S/c1-18(16,17)6-7-4-2-3-5-8(7)9(12)10(13)11(14)15/h2-5,9-10,12-13H,6H2,1H3,(H,14,15). The zero-order valence-electron chi connectivity index (χ0n) is 9.65. The fraction of sp³-hybridized carbons (Fsp3) is 0.364. The van der Waals surface area contributed by atoms with Crippen molar-refractivity contribution >= 4 is 15.8 Å². The second-order valence-corrected chi connectivity index (χ2v) is 6.14. The molecule has 0 aromatic heterocycles. The normalized spacial score (nSPS) is 15.1. The first-order valence-corrected chi connectivity index (χ1v) is 7.13. The van der Waals surface area contributed by atoms with E-state index >= 15 is 0 Å². The molecule has 0 spiro atoms. The van der Waals surface area contributed by atoms with Gasteiger partial charge in [-0.1, -0.05) is 24.3 Å². The highest BCUT2D eigenvalue weighted by Gasteiger charge is 2.27. The average Bonchev–Trinajstić information content (AvgIpc) is 2.25. The van der Waals surface area contributed by atoms with E-state index in [9.17, 15) is 23.4 Å². The third-order valence-electron chi connectivity index (χ3n) is 2.34. The number of carboxylic acids is 1. The van der Waals surface area contributed by atoms with Gasteiger partial charge in [-0.05, 0) is 11.1 Å². The van der Waals surface area contributed by atoms with Crippen LogP contribution in [-0.4, -0.2) is 42.1 Å². The SMILES string of the molecule is CS(=O)(=O)Cc1ccccc1C(O)C(O)C(=O)O. The summed E-state index contributed by atoms with van der Waals surface area (Å²) in [6.45, 7) is 0. The number of hydrogen-bond donors (Lipinski definition) is 3. The summed E-state index contributed by atoms with van der Waals surface area (Å²) in [6.07, 6.45) is -2.63. The van der Waals surface area contributed by atoms with Crippen LogP contribution >= 0.6 is 0 Å². The predicted octanol–water partition coefficient (Wildman–Crippen LogP) is -0.290. The van der Waals surface area contributed by atoms with Gasteiger partial charge in [0.15, 0.2) is 15.9 Å². The van der Waals surface area contributed by atoms with Crippen LogP contribution in [0.3, 0.4) is 0 Å². The Hall–Kier alpha value is -1.44. The molecule has 1 rings (SSSR count). The first kappa shape index (κ1) is 14.6. The molecule has 0 saturated carbocycles. The molecule has 2 unspecified atom stereocenters. The lowest BCUT2D eigenvalue weighted by Gasteiger charge is -2.17. The largest absolute Gasteiger partial charge is 0.479 e. The van der Waals surface area contributed by atoms with Crippen LogP contribution in [0.2, 0.25) is 0 Å². The van der Waals surface area contributed by atoms with Gasteiger partial charge in [0, 0.05) is 6.26 Å². The molecule has 3 N–H and O–H groups in total. The van der Waals surface area contributed by atoms with E-state index in [-0.39, 0.29) is 16.9 Å². The van der Waals surface area contributed by atoms with Crippen LogP contribution in [0, 0.1) is 0 Å². The lowest BCUT2D eigenvalue weighted by molar-refractivity contribution is -0.153. The van der Waals surface area contributed by atoms with Gasteiger partial charge in [-0.3, -0.25) is 0 Å². The van der Waals surface area contributed by atoms with Crippen molar-refractivity contribution in [3.63, 3.8) is 0 Å². The Morgan fingerprint density at radius 3 is 2.33 bits per heavy atom. The minimum atomic E-state index is -3.32. The van der Waals surface area contributed by atoms with Gasteiger partial charge in [-0.2, -0.15) is 0 Å². The van der Waals surface area contributed by atoms with Crippen LogP contribution < -0.4 is 0 Å². The smallest absolute Gasteiger partial charge is 0.335 e. The number of sulfone groups is 1. The van der Waals surface area contributed by atoms with Crippen molar-refractivity contribution in [1.29, 1.82) is 0 Å². The summed E-state index contributed by atoms with van der Waals surface area (Å²) < 4.78 is 22.4. The monoisotopic (exact) mass is 274 g/mol. The maximum atomic E-state index is 11.2. The van der Waals surface area contributed by atoms with E-state index < -0.39 is 28.0 Å². The topological polar surface area (TPSA) is 112 Å². The third kappa shape index (κ3) is 3.80. The molecule has 0 aliphatic heterocycles. The molecule has 0 bridgehead atoms. The van der Waals surface area contributed by atoms with Crippen LogP contribution in [0.5, 0.6) is 0 Å². The maximum Gasteiger partial charge on any atom is 0.335 e. The van der Waals surface area contributed by atoms with Gasteiger partial charge >= 0.3 is 5.97 Å². The quantitative estimate of drug-likeness (QED) is 0.680. The maximum absolute atomic E-state index is 11.2. The molecule has 100 valence electrons. The van der Waals surface area contributed by atoms with Gasteiger partial charge in [0.05, 0.1) is 5.75 Å². The van der Waals surface area contributed by atoms with E-state index in [0.717, 1.165) is 6.26 Å². The highest BCUT2D eigenvalue weighted by Crippen LogP contribution is 2.22. The molecule has 0 heterocycles. The molecule has 7 heteroatoms. The number of carbonyl (C=O) groups is 1. The molecule has 18 heavy (non-hydrogen) atoms. The molecular weight excluding hydrogens is 260 g/mol. The van der Waals surface area contributed by atoms with Crippen LogP contribution in [-0.2, 0) is 20.4 Å². The molecule has 0 saturated heterocycles. The molecule has 0 aliphatic carbocycles. The number of aliphatic hydroxyl groups excluding tert-OH is 2. The Balaban J connectivity index is 3.13. The summed E-state index contributed by atoms with van der Waals surface area (Å²) in [5, 5.41) is 27.6. The average molecular weight is 274 g/mol. The Morgan fingerprint density at radius 1 is 1.28 bits per heavy atom. The number of carboxylic acid groups (broad SMARTS) is 1. The first-order valence-electron chi connectivity index (χ1n) is 5.07. The van der Waals surface area contributed by atoms with Gasteiger partial charge in [0.1, 0.15) is 6.10 Å². The van der Waals surface area contributed by atoms with Crippen LogP contribution in [0.1, 0.15) is 17.2 Å². The number of hydrogen-bond acceptors (Lipinski definition) is 5. The Morgan fingerprint density at radius 2 is 1.83 bits per heavy atom. The predicted molar refractivity (Wildman–Crippen MR) is 63.6 cm³/mol. The molecule has 1 aromatic carbocycles. The molecule has 2 atom stereocenters. The van der Waals surface area contributed by atoms with Gasteiger partial charge < -0.3 is 15.3 Å². The summed E-state index contributed by atoms with van der Waals surface area (Å²) in [7, 11) is -3.32. The van der Waals surface area contributed by atoms with Crippen LogP contribution in [0.25, 0.3) is 0 Å². The summed E-state index contributed by atoms with van der Waals surface area (Å²) in [5.41, 5.74) is 0.366. The Bertz CT molecular complexity index is 536. The number of rotatable bonds is 5. The molecule has 0 radical (unpaired) electrons. The minimum Gasteiger partial charge on any atom is -0.479 e. The van der Waals surface area contributed by atoms with E-state index in [0.29, 0.717) is 0 Å². The van der Waals surface area contributed by atoms with E-state index in [1.165, 1.54) is 18.2 Å². The van der Waals surface area contributed by atoms with E-state index in [4.69, 9.17) is 5.11 Å². The molecular formula is C11H14O6S. The minimum absolute atomic E-state index is 0.0952. The zero-order valence-corrected chi connectivity index (χ0v) is 10.5. The van der Waals surface area contributed by atoms with Gasteiger partial charge in [0.25, 0.3) is 0 Å². The first-order chi connectivity index (χ1) is 8.22. The summed E-state index contributed by atoms with van der Waals surface area (Å²) >= 11 is 0. The number of aliphatic hydroxyl groups is 2. The highest BCUT2D eigenvalue weighted by atomic mass is 32.2. The molecule has 1 aromatic rings. The molecule has 0 amide bonds. The molecule has 0 aliphatic rings. The number of aliphatic carboxylic acids is 1. The van der Waals surface area contributed by atoms with Crippen molar-refractivity contribution in [2.45, 2.75) is 18.0 Å². The van der Waals surface area contributed by atoms with Crippen molar-refractivity contribution in [2.75, 3.05) is 6.26 Å². The van der Waals surface area contributed by atoms with E-state index in [2.05, 4.69) is 0 Å². The van der Waals surface area contributed by atoms with Crippen molar-refractivity contribution in [3.8, 4) is 0 Å². The molecule has 0 fully saturated rings. The van der Waals surface area contributed by atoms with Gasteiger partial charge in [-0.15, -0.1) is 0 Å². The lowest BCUT2D eigenvalue weighted by Crippen LogP contribution is -2.28. The van der Waals surface area contributed by atoms with Crippen molar-refractivity contribution in [3.05, 3.63) is 35.4 Å². The molecule has 6 nitrogen and oxygen atoms in total. The van der Waals surface area contributed by atoms with Gasteiger partial charge in [-0.25, -0.2) is 13.2 Å². The van der Waals surface area contributed by atoms with Crippen LogP contribution in [0.15, 0.2) is 24.3 Å². The summed E-state index contributed by atoms with van der Waals surface area (Å²) in [6, 6.07) is 5.95.